The second kappa shape index (κ2) is 10.2. The van der Waals surface area contributed by atoms with E-state index in [9.17, 15) is 9.59 Å². The number of nitrogens with zero attached hydrogens (tertiary/aromatic N) is 1. The van der Waals surface area contributed by atoms with Crippen molar-refractivity contribution in [2.75, 3.05) is 19.1 Å². The number of methoxy groups -OCH3 is 2. The molecule has 0 fully saturated rings. The van der Waals surface area contributed by atoms with Crippen LogP contribution in [0.15, 0.2) is 79.0 Å². The first kappa shape index (κ1) is 24.9. The third-order valence-electron chi connectivity index (χ3n) is 5.80. The molecule has 4 aromatic rings. The van der Waals surface area contributed by atoms with Crippen LogP contribution in [0.25, 0.3) is 10.9 Å². The quantitative estimate of drug-likeness (QED) is 0.363. The summed E-state index contributed by atoms with van der Waals surface area (Å²) >= 11 is 0. The zero-order chi connectivity index (χ0) is 25.9. The number of nitrogens with one attached hydrogen (secondary N) is 2. The average molecular weight is 486 g/mol. The second-order valence-corrected chi connectivity index (χ2v) is 9.51. The molecule has 0 spiro atoms. The average Bonchev–Trinajstić information content (AvgIpc) is 3.29. The first-order chi connectivity index (χ1) is 17.2. The van der Waals surface area contributed by atoms with E-state index >= 15 is 0 Å². The highest BCUT2D eigenvalue weighted by Gasteiger charge is 2.36. The maximum atomic E-state index is 14.2. The summed E-state index contributed by atoms with van der Waals surface area (Å²) in [6.07, 6.45) is 1.80. The minimum absolute atomic E-state index is 0.287. The van der Waals surface area contributed by atoms with Gasteiger partial charge >= 0.3 is 0 Å². The predicted octanol–water partition coefficient (Wildman–Crippen LogP) is 5.49. The largest absolute Gasteiger partial charge is 0.493 e. The topological polar surface area (TPSA) is 83.7 Å². The molecule has 2 amide bonds. The molecule has 3 aromatic carbocycles. The van der Waals surface area contributed by atoms with E-state index in [1.807, 2.05) is 75.4 Å². The zero-order valence-corrected chi connectivity index (χ0v) is 21.2. The number of para-hydroxylation sites is 2. The molecular weight excluding hydrogens is 454 g/mol. The highest BCUT2D eigenvalue weighted by atomic mass is 16.5. The Morgan fingerprint density at radius 2 is 1.56 bits per heavy atom. The fraction of sp³-hybridized carbons (Fsp3) is 0.241. The SMILES string of the molecule is COc1ccc(C(=O)N(c2ccccc2)[C@H](C(=O)NC(C)(C)C)c2c[nH]c3ccccc23)cc1OC. The summed E-state index contributed by atoms with van der Waals surface area (Å²) in [5.74, 6) is 0.310. The molecule has 1 heterocycles. The first-order valence-electron chi connectivity index (χ1n) is 11.7. The van der Waals surface area contributed by atoms with Crippen molar-refractivity contribution in [3.05, 3.63) is 90.1 Å². The molecule has 186 valence electrons. The molecule has 0 saturated carbocycles. The molecule has 2 N–H and O–H groups in total. The van der Waals surface area contributed by atoms with Crippen molar-refractivity contribution in [3.8, 4) is 11.5 Å². The van der Waals surface area contributed by atoms with E-state index in [-0.39, 0.29) is 11.8 Å². The Kier molecular flexibility index (Phi) is 7.01. The summed E-state index contributed by atoms with van der Waals surface area (Å²) in [6, 6.07) is 21.0. The third kappa shape index (κ3) is 5.05. The van der Waals surface area contributed by atoms with Crippen LogP contribution in [-0.2, 0) is 4.79 Å². The number of amides is 2. The van der Waals surface area contributed by atoms with Crippen molar-refractivity contribution in [1.82, 2.24) is 10.3 Å². The van der Waals surface area contributed by atoms with Crippen molar-refractivity contribution in [3.63, 3.8) is 0 Å². The van der Waals surface area contributed by atoms with Gasteiger partial charge in [0.1, 0.15) is 6.04 Å². The van der Waals surface area contributed by atoms with Crippen LogP contribution in [0.1, 0.15) is 42.7 Å². The van der Waals surface area contributed by atoms with E-state index in [4.69, 9.17) is 9.47 Å². The minimum atomic E-state index is -0.941. The van der Waals surface area contributed by atoms with Crippen LogP contribution < -0.4 is 19.7 Å². The van der Waals surface area contributed by atoms with Gasteiger partial charge in [-0.2, -0.15) is 0 Å². The number of anilines is 1. The molecule has 7 nitrogen and oxygen atoms in total. The molecule has 0 bridgehead atoms. The standard InChI is InChI=1S/C29H31N3O4/c1-29(2,3)31-27(33)26(22-18-30-23-14-10-9-13-21(22)23)32(20-11-7-6-8-12-20)28(34)19-15-16-24(35-4)25(17-19)36-5/h6-18,26,30H,1-5H3,(H,31,33)/t26-/m0/s1. The molecule has 0 aliphatic rings. The summed E-state index contributed by atoms with van der Waals surface area (Å²) in [5.41, 5.74) is 2.04. The lowest BCUT2D eigenvalue weighted by Crippen LogP contribution is -2.49. The Balaban J connectivity index is 1.92. The predicted molar refractivity (Wildman–Crippen MR) is 142 cm³/mol. The summed E-state index contributed by atoms with van der Waals surface area (Å²) in [6.45, 7) is 5.75. The maximum absolute atomic E-state index is 14.2. The minimum Gasteiger partial charge on any atom is -0.493 e. The normalized spacial score (nSPS) is 12.1. The van der Waals surface area contributed by atoms with E-state index in [1.54, 1.807) is 31.5 Å². The van der Waals surface area contributed by atoms with E-state index in [1.165, 1.54) is 12.0 Å². The van der Waals surface area contributed by atoms with E-state index in [0.29, 0.717) is 28.3 Å². The Morgan fingerprint density at radius 3 is 2.22 bits per heavy atom. The molecular formula is C29H31N3O4. The Morgan fingerprint density at radius 1 is 0.889 bits per heavy atom. The molecule has 1 atom stereocenters. The number of carbonyl (C=O) groups is 2. The lowest BCUT2D eigenvalue weighted by Gasteiger charge is -2.33. The van der Waals surface area contributed by atoms with Gasteiger partial charge < -0.3 is 19.8 Å². The summed E-state index contributed by atoms with van der Waals surface area (Å²) in [7, 11) is 3.06. The van der Waals surface area contributed by atoms with Gasteiger partial charge in [-0.1, -0.05) is 36.4 Å². The van der Waals surface area contributed by atoms with Crippen molar-refractivity contribution >= 4 is 28.4 Å². The number of aromatic amines is 1. The van der Waals surface area contributed by atoms with E-state index < -0.39 is 11.6 Å². The number of ether oxygens (including phenoxy) is 2. The summed E-state index contributed by atoms with van der Waals surface area (Å²) in [4.78, 5) is 32.9. The van der Waals surface area contributed by atoms with Gasteiger partial charge in [0.05, 0.1) is 14.2 Å². The van der Waals surface area contributed by atoms with Gasteiger partial charge in [0.25, 0.3) is 5.91 Å². The molecule has 4 rings (SSSR count). The van der Waals surface area contributed by atoms with Gasteiger partial charge in [0.15, 0.2) is 11.5 Å². The fourth-order valence-corrected chi connectivity index (χ4v) is 4.24. The number of H-pyrrole nitrogens is 1. The number of carbonyl (C=O) groups excluding carboxylic acids is 2. The second-order valence-electron chi connectivity index (χ2n) is 9.51. The third-order valence-corrected chi connectivity index (χ3v) is 5.80. The summed E-state index contributed by atoms with van der Waals surface area (Å²) in [5, 5.41) is 3.95. The number of rotatable bonds is 7. The number of hydrogen-bond donors (Lipinski definition) is 2. The van der Waals surface area contributed by atoms with Crippen LogP contribution in [-0.4, -0.2) is 36.6 Å². The zero-order valence-electron chi connectivity index (χ0n) is 21.2. The number of aromatic nitrogens is 1. The van der Waals surface area contributed by atoms with Gasteiger partial charge in [0.2, 0.25) is 5.91 Å². The van der Waals surface area contributed by atoms with E-state index in [2.05, 4.69) is 10.3 Å². The van der Waals surface area contributed by atoms with Gasteiger partial charge in [-0.25, -0.2) is 0 Å². The molecule has 36 heavy (non-hydrogen) atoms. The molecule has 0 aliphatic heterocycles. The Labute approximate surface area is 211 Å². The number of benzene rings is 3. The molecule has 0 saturated heterocycles. The van der Waals surface area contributed by atoms with Gasteiger partial charge in [-0.15, -0.1) is 0 Å². The number of fused-ring (bicyclic) bond motifs is 1. The summed E-state index contributed by atoms with van der Waals surface area (Å²) < 4.78 is 10.8. The van der Waals surface area contributed by atoms with Gasteiger partial charge in [0, 0.05) is 39.5 Å². The van der Waals surface area contributed by atoms with Crippen LogP contribution in [0.3, 0.4) is 0 Å². The lowest BCUT2D eigenvalue weighted by molar-refractivity contribution is -0.123. The number of hydrogen-bond acceptors (Lipinski definition) is 4. The van der Waals surface area contributed by atoms with Crippen LogP contribution >= 0.6 is 0 Å². The smallest absolute Gasteiger partial charge is 0.259 e. The van der Waals surface area contributed by atoms with Crippen LogP contribution in [0.4, 0.5) is 5.69 Å². The van der Waals surface area contributed by atoms with Crippen molar-refractivity contribution in [2.24, 2.45) is 0 Å². The molecule has 0 radical (unpaired) electrons. The highest BCUT2D eigenvalue weighted by molar-refractivity contribution is 6.11. The Bertz CT molecular complexity index is 1370. The monoisotopic (exact) mass is 485 g/mol. The van der Waals surface area contributed by atoms with Crippen LogP contribution in [0.2, 0.25) is 0 Å². The molecule has 7 heteroatoms. The van der Waals surface area contributed by atoms with Crippen LogP contribution in [0.5, 0.6) is 11.5 Å². The lowest BCUT2D eigenvalue weighted by atomic mass is 9.99. The molecule has 0 unspecified atom stereocenters. The molecule has 1 aromatic heterocycles. The van der Waals surface area contributed by atoms with Gasteiger partial charge in [-0.3, -0.25) is 14.5 Å². The van der Waals surface area contributed by atoms with E-state index in [0.717, 1.165) is 10.9 Å². The van der Waals surface area contributed by atoms with Gasteiger partial charge in [-0.05, 0) is 57.2 Å². The van der Waals surface area contributed by atoms with Crippen molar-refractivity contribution in [2.45, 2.75) is 32.4 Å². The highest BCUT2D eigenvalue weighted by Crippen LogP contribution is 2.35. The maximum Gasteiger partial charge on any atom is 0.259 e. The van der Waals surface area contributed by atoms with Crippen molar-refractivity contribution < 1.29 is 19.1 Å². The fourth-order valence-electron chi connectivity index (χ4n) is 4.24. The first-order valence-corrected chi connectivity index (χ1v) is 11.7. The van der Waals surface area contributed by atoms with Crippen LogP contribution in [0, 0.1) is 0 Å². The Hall–Kier alpha value is -4.26. The molecule has 0 aliphatic carbocycles. The van der Waals surface area contributed by atoms with Crippen molar-refractivity contribution in [1.29, 1.82) is 0 Å².